The van der Waals surface area contributed by atoms with Crippen LogP contribution in [0.25, 0.3) is 0 Å². The third-order valence-electron chi connectivity index (χ3n) is 1.95. The Bertz CT molecular complexity index is 361. The first-order valence-electron chi connectivity index (χ1n) is 5.49. The van der Waals surface area contributed by atoms with Crippen molar-refractivity contribution < 1.29 is 18.1 Å². The molecule has 0 spiro atoms. The van der Waals surface area contributed by atoms with E-state index in [-0.39, 0.29) is 13.2 Å². The maximum atomic E-state index is 12.1. The number of benzene rings is 1. The average Bonchev–Trinajstić information content (AvgIpc) is 2.30. The Labute approximate surface area is 101 Å². The maximum Gasteiger partial charge on any atom is 0.476 e. The Kier molecular flexibility index (Phi) is 5.82. The van der Waals surface area contributed by atoms with Crippen molar-refractivity contribution in [1.82, 2.24) is 0 Å². The summed E-state index contributed by atoms with van der Waals surface area (Å²) in [6.45, 7) is 3.89. The van der Waals surface area contributed by atoms with Crippen molar-refractivity contribution in [2.45, 2.75) is 20.1 Å². The van der Waals surface area contributed by atoms with Crippen LogP contribution in [0, 0.1) is 0 Å². The average molecular weight is 259 g/mol. The molecule has 0 fully saturated rings. The number of phosphoric ester groups is 1. The highest BCUT2D eigenvalue weighted by Crippen LogP contribution is 2.51. The van der Waals surface area contributed by atoms with Crippen LogP contribution in [0.15, 0.2) is 30.3 Å². The van der Waals surface area contributed by atoms with E-state index in [2.05, 4.69) is 0 Å². The molecule has 1 aromatic carbocycles. The zero-order valence-electron chi connectivity index (χ0n) is 10.0. The van der Waals surface area contributed by atoms with Crippen LogP contribution in [0.5, 0.6) is 0 Å². The van der Waals surface area contributed by atoms with E-state index in [1.807, 2.05) is 18.2 Å². The Morgan fingerprint density at radius 2 is 1.71 bits per heavy atom. The van der Waals surface area contributed by atoms with Crippen molar-refractivity contribution >= 4 is 7.82 Å². The Balaban J connectivity index is 2.71. The molecule has 0 amide bonds. The van der Waals surface area contributed by atoms with Gasteiger partial charge >= 0.3 is 7.82 Å². The molecule has 1 unspecified atom stereocenters. The van der Waals surface area contributed by atoms with Crippen LogP contribution in [0.4, 0.5) is 0 Å². The summed E-state index contributed by atoms with van der Waals surface area (Å²) in [5.41, 5.74) is 6.50. The molecule has 0 aliphatic rings. The maximum absolute atomic E-state index is 12.1. The Hall–Kier alpha value is -0.710. The van der Waals surface area contributed by atoms with E-state index in [0.717, 1.165) is 0 Å². The molecule has 1 atom stereocenters. The van der Waals surface area contributed by atoms with Gasteiger partial charge in [-0.05, 0) is 19.4 Å². The van der Waals surface area contributed by atoms with Gasteiger partial charge in [-0.25, -0.2) is 4.57 Å². The van der Waals surface area contributed by atoms with E-state index in [0.29, 0.717) is 5.56 Å². The third kappa shape index (κ3) is 4.58. The quantitative estimate of drug-likeness (QED) is 0.602. The van der Waals surface area contributed by atoms with Crippen LogP contribution in [0.1, 0.15) is 25.6 Å². The minimum absolute atomic E-state index is 0.235. The molecule has 0 saturated heterocycles. The van der Waals surface area contributed by atoms with Gasteiger partial charge in [0.05, 0.1) is 13.2 Å². The molecule has 6 heteroatoms. The van der Waals surface area contributed by atoms with Crippen molar-refractivity contribution in [3.63, 3.8) is 0 Å². The molecule has 17 heavy (non-hydrogen) atoms. The fraction of sp³-hybridized carbons (Fsp3) is 0.455. The highest BCUT2D eigenvalue weighted by Gasteiger charge is 2.29. The molecule has 96 valence electrons. The summed E-state index contributed by atoms with van der Waals surface area (Å²) in [6, 6.07) is 9.08. The molecule has 0 bridgehead atoms. The third-order valence-corrected chi connectivity index (χ3v) is 3.58. The highest BCUT2D eigenvalue weighted by atomic mass is 31.2. The molecule has 0 aromatic heterocycles. The lowest BCUT2D eigenvalue weighted by molar-refractivity contribution is 0.0861. The van der Waals surface area contributed by atoms with Gasteiger partial charge in [-0.3, -0.25) is 13.6 Å². The van der Waals surface area contributed by atoms with E-state index in [4.69, 9.17) is 19.3 Å². The smallest absolute Gasteiger partial charge is 0.302 e. The van der Waals surface area contributed by atoms with Gasteiger partial charge in [-0.1, -0.05) is 30.3 Å². The number of phosphoric acid groups is 1. The predicted octanol–water partition coefficient (Wildman–Crippen LogP) is 2.84. The lowest BCUT2D eigenvalue weighted by Gasteiger charge is -2.20. The van der Waals surface area contributed by atoms with Gasteiger partial charge in [0.1, 0.15) is 6.23 Å². The van der Waals surface area contributed by atoms with E-state index < -0.39 is 14.1 Å². The number of hydrogen-bond donors (Lipinski definition) is 1. The van der Waals surface area contributed by atoms with Gasteiger partial charge < -0.3 is 5.73 Å². The van der Waals surface area contributed by atoms with Crippen LogP contribution in [0.3, 0.4) is 0 Å². The van der Waals surface area contributed by atoms with Gasteiger partial charge in [0, 0.05) is 0 Å². The molecule has 0 radical (unpaired) electrons. The van der Waals surface area contributed by atoms with Gasteiger partial charge in [0.2, 0.25) is 0 Å². The highest BCUT2D eigenvalue weighted by molar-refractivity contribution is 7.48. The summed E-state index contributed by atoms with van der Waals surface area (Å²) in [7, 11) is -3.57. The first kappa shape index (κ1) is 14.4. The molecule has 0 saturated carbocycles. The minimum Gasteiger partial charge on any atom is -0.302 e. The monoisotopic (exact) mass is 259 g/mol. The van der Waals surface area contributed by atoms with Crippen molar-refractivity contribution in [1.29, 1.82) is 0 Å². The lowest BCUT2D eigenvalue weighted by Crippen LogP contribution is -2.15. The fourth-order valence-electron chi connectivity index (χ4n) is 1.26. The number of rotatable bonds is 7. The zero-order valence-corrected chi connectivity index (χ0v) is 10.9. The molecule has 0 aliphatic heterocycles. The van der Waals surface area contributed by atoms with Gasteiger partial charge in [-0.15, -0.1) is 0 Å². The van der Waals surface area contributed by atoms with Gasteiger partial charge in [-0.2, -0.15) is 0 Å². The molecule has 5 nitrogen and oxygen atoms in total. The first-order chi connectivity index (χ1) is 8.11. The predicted molar refractivity (Wildman–Crippen MR) is 65.3 cm³/mol. The van der Waals surface area contributed by atoms with E-state index in [1.165, 1.54) is 0 Å². The van der Waals surface area contributed by atoms with Crippen LogP contribution in [0.2, 0.25) is 0 Å². The summed E-state index contributed by atoms with van der Waals surface area (Å²) < 4.78 is 27.2. The summed E-state index contributed by atoms with van der Waals surface area (Å²) >= 11 is 0. The summed E-state index contributed by atoms with van der Waals surface area (Å²) in [6.07, 6.45) is -0.833. The van der Waals surface area contributed by atoms with Crippen LogP contribution in [-0.2, 0) is 18.1 Å². The van der Waals surface area contributed by atoms with Gasteiger partial charge in [0.15, 0.2) is 0 Å². The Morgan fingerprint density at radius 1 is 1.18 bits per heavy atom. The first-order valence-corrected chi connectivity index (χ1v) is 6.95. The molecule has 0 heterocycles. The van der Waals surface area contributed by atoms with Crippen molar-refractivity contribution in [3.05, 3.63) is 35.9 Å². The number of nitrogens with two attached hydrogens (primary N) is 1. The van der Waals surface area contributed by atoms with Crippen molar-refractivity contribution in [2.24, 2.45) is 5.73 Å². The van der Waals surface area contributed by atoms with Gasteiger partial charge in [0.25, 0.3) is 0 Å². The molecule has 0 aliphatic carbocycles. The Morgan fingerprint density at radius 3 is 2.18 bits per heavy atom. The minimum atomic E-state index is -3.57. The molecule has 1 rings (SSSR count). The van der Waals surface area contributed by atoms with Crippen molar-refractivity contribution in [2.75, 3.05) is 13.2 Å². The second-order valence-corrected chi connectivity index (χ2v) is 4.84. The van der Waals surface area contributed by atoms with E-state index in [9.17, 15) is 4.57 Å². The zero-order chi connectivity index (χ0) is 12.7. The fourth-order valence-corrected chi connectivity index (χ4v) is 2.49. The van der Waals surface area contributed by atoms with Crippen LogP contribution < -0.4 is 5.73 Å². The molecule has 2 N–H and O–H groups in total. The topological polar surface area (TPSA) is 70.8 Å². The van der Waals surface area contributed by atoms with Crippen LogP contribution >= 0.6 is 7.82 Å². The molecular weight excluding hydrogens is 241 g/mol. The van der Waals surface area contributed by atoms with E-state index in [1.54, 1.807) is 26.0 Å². The second-order valence-electron chi connectivity index (χ2n) is 3.22. The molecule has 1 aromatic rings. The summed E-state index contributed by atoms with van der Waals surface area (Å²) in [5.74, 6) is 0. The summed E-state index contributed by atoms with van der Waals surface area (Å²) in [5, 5.41) is 0. The lowest BCUT2D eigenvalue weighted by atomic mass is 10.2. The molecular formula is C11H18NO4P. The normalized spacial score (nSPS) is 13.6. The standard InChI is InChI=1S/C11H18NO4P/c1-3-14-17(13,15-4-2)16-11(12)10-8-6-5-7-9-10/h5-9,11H,3-4,12H2,1-2H3. The van der Waals surface area contributed by atoms with Crippen LogP contribution in [-0.4, -0.2) is 13.2 Å². The second kappa shape index (κ2) is 6.89. The van der Waals surface area contributed by atoms with Crippen molar-refractivity contribution in [3.8, 4) is 0 Å². The largest absolute Gasteiger partial charge is 0.476 e. The SMILES string of the molecule is CCOP(=O)(OCC)OC(N)c1ccccc1. The summed E-state index contributed by atoms with van der Waals surface area (Å²) in [4.78, 5) is 0. The van der Waals surface area contributed by atoms with E-state index >= 15 is 0 Å². The number of hydrogen-bond acceptors (Lipinski definition) is 5.